The van der Waals surface area contributed by atoms with Crippen LogP contribution in [0.2, 0.25) is 0 Å². The maximum Gasteiger partial charge on any atom is 0.472 e. The Kier molecular flexibility index (Phi) is 71.6. The molecule has 9 nitrogen and oxygen atoms in total. The van der Waals surface area contributed by atoms with Crippen LogP contribution in [0.5, 0.6) is 0 Å². The van der Waals surface area contributed by atoms with E-state index < -0.39 is 26.5 Å². The molecular weight excluding hydrogens is 1160 g/mol. The van der Waals surface area contributed by atoms with E-state index in [1.807, 2.05) is 21.1 Å². The number of carbonyl (C=O) groups excluding carboxylic acids is 2. The van der Waals surface area contributed by atoms with Crippen molar-refractivity contribution in [2.24, 2.45) is 0 Å². The van der Waals surface area contributed by atoms with Gasteiger partial charge >= 0.3 is 19.8 Å². The number of phosphoric ester groups is 1. The van der Waals surface area contributed by atoms with E-state index in [1.165, 1.54) is 321 Å². The second kappa shape index (κ2) is 73.2. The molecule has 0 aliphatic heterocycles. The minimum atomic E-state index is -4.39. The van der Waals surface area contributed by atoms with Crippen LogP contribution < -0.4 is 0 Å². The van der Waals surface area contributed by atoms with Gasteiger partial charge in [-0.3, -0.25) is 18.6 Å². The molecule has 0 rings (SSSR count). The molecule has 0 bridgehead atoms. The fraction of sp³-hybridized carbons (Fsp3) is 0.878. The number of ether oxygens (including phenoxy) is 2. The largest absolute Gasteiger partial charge is 0.472 e. The highest BCUT2D eigenvalue weighted by Crippen LogP contribution is 2.43. The highest BCUT2D eigenvalue weighted by atomic mass is 31.2. The molecule has 0 radical (unpaired) electrons. The SMILES string of the molecule is CC/C=C\C/C=C\C/C=C\C/C=C\CCCCCCCCCCCCCCCCCCCCCCCCCCCCCCC(=O)OC(COC(=O)CCCCCCCCCCCCCCCCCCCCCCCCCCCCC)COP(=O)(O)OCC[N+](C)(C)C. The number of rotatable bonds is 76. The first-order chi connectivity index (χ1) is 45.0. The van der Waals surface area contributed by atoms with Gasteiger partial charge in [-0.25, -0.2) is 4.57 Å². The standard InChI is InChI=1S/C82H156NO8P/c1-6-8-10-12-14-16-18-20-22-24-26-28-30-32-34-35-36-37-38-39-40-41-42-43-44-45-46-47-49-51-53-55-57-59-61-63-65-67-69-71-73-75-82(85)91-80(79-90-92(86,87)89-77-76-83(3,4)5)78-88-81(84)74-72-70-68-66-64-62-60-58-56-54-52-50-48-33-31-29-27-25-23-21-19-17-15-13-11-9-7-2/h8,10,14,16,20,22,26,28,80H,6-7,9,11-13,15,17-19,21,23-25,27,29-79H2,1-5H3/p+1/b10-8-,16-14-,22-20-,28-26-. The zero-order chi connectivity index (χ0) is 66.9. The van der Waals surface area contributed by atoms with E-state index in [-0.39, 0.29) is 25.6 Å². The van der Waals surface area contributed by atoms with Gasteiger partial charge in [0, 0.05) is 12.8 Å². The van der Waals surface area contributed by atoms with Crippen LogP contribution in [0.15, 0.2) is 48.6 Å². The topological polar surface area (TPSA) is 108 Å². The van der Waals surface area contributed by atoms with Crippen LogP contribution in [0.4, 0.5) is 0 Å². The molecule has 0 aliphatic carbocycles. The number of phosphoric acid groups is 1. The summed E-state index contributed by atoms with van der Waals surface area (Å²) in [6.07, 6.45) is 97.0. The van der Waals surface area contributed by atoms with Crippen molar-refractivity contribution < 1.29 is 42.1 Å². The van der Waals surface area contributed by atoms with Crippen LogP contribution in [0.25, 0.3) is 0 Å². The van der Waals surface area contributed by atoms with E-state index in [9.17, 15) is 19.0 Å². The van der Waals surface area contributed by atoms with Gasteiger partial charge in [0.15, 0.2) is 6.10 Å². The van der Waals surface area contributed by atoms with Crippen LogP contribution in [-0.2, 0) is 32.7 Å². The second-order valence-electron chi connectivity index (χ2n) is 28.8. The lowest BCUT2D eigenvalue weighted by molar-refractivity contribution is -0.870. The van der Waals surface area contributed by atoms with Crippen molar-refractivity contribution in [3.8, 4) is 0 Å². The lowest BCUT2D eigenvalue weighted by atomic mass is 10.0. The Hall–Kier alpha value is -2.03. The quantitative estimate of drug-likeness (QED) is 0.0211. The fourth-order valence-electron chi connectivity index (χ4n) is 12.3. The summed E-state index contributed by atoms with van der Waals surface area (Å²) < 4.78 is 34.8. The van der Waals surface area contributed by atoms with E-state index in [4.69, 9.17) is 18.5 Å². The van der Waals surface area contributed by atoms with Crippen molar-refractivity contribution >= 4 is 19.8 Å². The third-order valence-electron chi connectivity index (χ3n) is 18.4. The van der Waals surface area contributed by atoms with Crippen molar-refractivity contribution in [3.63, 3.8) is 0 Å². The van der Waals surface area contributed by atoms with Crippen molar-refractivity contribution in [2.75, 3.05) is 47.5 Å². The Balaban J connectivity index is 3.87. The summed E-state index contributed by atoms with van der Waals surface area (Å²) in [5.41, 5.74) is 0. The van der Waals surface area contributed by atoms with Gasteiger partial charge in [0.1, 0.15) is 19.8 Å². The third kappa shape index (κ3) is 77.0. The highest BCUT2D eigenvalue weighted by Gasteiger charge is 2.27. The molecule has 10 heteroatoms. The molecular formula is C82H157NO8P+. The van der Waals surface area contributed by atoms with Gasteiger partial charge in [-0.2, -0.15) is 0 Å². The van der Waals surface area contributed by atoms with Gasteiger partial charge in [-0.1, -0.05) is 396 Å². The minimum Gasteiger partial charge on any atom is -0.462 e. The summed E-state index contributed by atoms with van der Waals surface area (Å²) >= 11 is 0. The first kappa shape index (κ1) is 90.0. The van der Waals surface area contributed by atoms with Crippen LogP contribution in [0, 0.1) is 0 Å². The van der Waals surface area contributed by atoms with Crippen molar-refractivity contribution in [2.45, 2.75) is 418 Å². The van der Waals surface area contributed by atoms with Crippen LogP contribution in [0.3, 0.4) is 0 Å². The average molecular weight is 1320 g/mol. The smallest absolute Gasteiger partial charge is 0.462 e. The number of esters is 2. The van der Waals surface area contributed by atoms with Crippen molar-refractivity contribution in [1.82, 2.24) is 0 Å². The minimum absolute atomic E-state index is 0.0358. The number of carbonyl (C=O) groups is 2. The van der Waals surface area contributed by atoms with Crippen molar-refractivity contribution in [3.05, 3.63) is 48.6 Å². The first-order valence-electron chi connectivity index (χ1n) is 40.4. The first-order valence-corrected chi connectivity index (χ1v) is 41.9. The lowest BCUT2D eigenvalue weighted by Gasteiger charge is -2.24. The Labute approximate surface area is 573 Å². The summed E-state index contributed by atoms with van der Waals surface area (Å²) in [5, 5.41) is 0. The number of allylic oxidation sites excluding steroid dienone is 8. The lowest BCUT2D eigenvalue weighted by Crippen LogP contribution is -2.37. The molecule has 0 amide bonds. The molecule has 0 aliphatic rings. The molecule has 0 spiro atoms. The normalized spacial score (nSPS) is 13.2. The van der Waals surface area contributed by atoms with Gasteiger partial charge in [-0.05, 0) is 51.4 Å². The molecule has 0 saturated heterocycles. The third-order valence-corrected chi connectivity index (χ3v) is 19.4. The Morgan fingerprint density at radius 2 is 0.620 bits per heavy atom. The maximum atomic E-state index is 12.9. The highest BCUT2D eigenvalue weighted by molar-refractivity contribution is 7.47. The molecule has 542 valence electrons. The summed E-state index contributed by atoms with van der Waals surface area (Å²) in [7, 11) is 1.50. The van der Waals surface area contributed by atoms with E-state index in [0.29, 0.717) is 17.4 Å². The molecule has 0 aromatic heterocycles. The molecule has 0 fully saturated rings. The molecule has 92 heavy (non-hydrogen) atoms. The average Bonchev–Trinajstić information content (AvgIpc) is 2.23. The molecule has 0 aromatic rings. The Bertz CT molecular complexity index is 1690. The number of hydrogen-bond acceptors (Lipinski definition) is 7. The number of unbranched alkanes of at least 4 members (excludes halogenated alkanes) is 54. The maximum absolute atomic E-state index is 12.9. The van der Waals surface area contributed by atoms with Gasteiger partial charge in [-0.15, -0.1) is 0 Å². The fourth-order valence-corrected chi connectivity index (χ4v) is 13.0. The molecule has 0 aromatic carbocycles. The zero-order valence-electron chi connectivity index (χ0n) is 62.1. The van der Waals surface area contributed by atoms with Gasteiger partial charge in [0.2, 0.25) is 0 Å². The van der Waals surface area contributed by atoms with E-state index in [1.54, 1.807) is 0 Å². The molecule has 1 N–H and O–H groups in total. The van der Waals surface area contributed by atoms with Gasteiger partial charge in [0.25, 0.3) is 0 Å². The monoisotopic (exact) mass is 1320 g/mol. The van der Waals surface area contributed by atoms with Gasteiger partial charge in [0.05, 0.1) is 27.7 Å². The van der Waals surface area contributed by atoms with E-state index in [0.717, 1.165) is 64.2 Å². The van der Waals surface area contributed by atoms with Crippen molar-refractivity contribution in [1.29, 1.82) is 0 Å². The van der Waals surface area contributed by atoms with Crippen LogP contribution in [0.1, 0.15) is 412 Å². The number of nitrogens with zero attached hydrogens (tertiary/aromatic N) is 1. The van der Waals surface area contributed by atoms with Crippen LogP contribution >= 0.6 is 7.82 Å². The zero-order valence-corrected chi connectivity index (χ0v) is 63.0. The van der Waals surface area contributed by atoms with E-state index in [2.05, 4.69) is 62.5 Å². The van der Waals surface area contributed by atoms with E-state index >= 15 is 0 Å². The van der Waals surface area contributed by atoms with Gasteiger partial charge < -0.3 is 18.9 Å². The van der Waals surface area contributed by atoms with Crippen LogP contribution in [-0.4, -0.2) is 74.9 Å². The summed E-state index contributed by atoms with van der Waals surface area (Å²) in [5.74, 6) is -0.769. The molecule has 0 heterocycles. The summed E-state index contributed by atoms with van der Waals surface area (Å²) in [6, 6.07) is 0. The molecule has 0 saturated carbocycles. The predicted molar refractivity (Wildman–Crippen MR) is 400 cm³/mol. The summed E-state index contributed by atoms with van der Waals surface area (Å²) in [6.45, 7) is 4.41. The Morgan fingerprint density at radius 3 is 0.924 bits per heavy atom. The number of likely N-dealkylation sites (N-methyl/N-ethyl adjacent to an activating group) is 1. The molecule has 2 atom stereocenters. The number of hydrogen-bond donors (Lipinski definition) is 1. The summed E-state index contributed by atoms with van der Waals surface area (Å²) in [4.78, 5) is 36.0. The number of quaternary nitrogens is 1. The Morgan fingerprint density at radius 1 is 0.348 bits per heavy atom. The second-order valence-corrected chi connectivity index (χ2v) is 30.2. The predicted octanol–water partition coefficient (Wildman–Crippen LogP) is 26.7. The molecule has 2 unspecified atom stereocenters.